The molecule has 1 N–H and O–H groups in total. The van der Waals surface area contributed by atoms with Crippen LogP contribution >= 0.6 is 11.6 Å². The van der Waals surface area contributed by atoms with Crippen molar-refractivity contribution in [2.75, 3.05) is 13.2 Å². The standard InChI is InChI=1S/C21H18ClN3O2/c22-18-8-6-15(7-9-18)19(25-11-3-10-24-25)13-23-21(26)17-12-16-4-1-2-5-20(16)27-14-17/h1-12,19H,13-14H2,(H,23,26). The van der Waals surface area contributed by atoms with Crippen LogP contribution in [0, 0.1) is 0 Å². The zero-order valence-corrected chi connectivity index (χ0v) is 15.3. The van der Waals surface area contributed by atoms with E-state index < -0.39 is 0 Å². The number of benzene rings is 2. The number of aromatic nitrogens is 2. The first-order valence-corrected chi connectivity index (χ1v) is 9.04. The first kappa shape index (κ1) is 17.4. The van der Waals surface area contributed by atoms with Crippen molar-refractivity contribution in [3.63, 3.8) is 0 Å². The summed E-state index contributed by atoms with van der Waals surface area (Å²) in [6.45, 7) is 0.664. The number of ether oxygens (including phenoxy) is 1. The van der Waals surface area contributed by atoms with Gasteiger partial charge in [-0.15, -0.1) is 0 Å². The van der Waals surface area contributed by atoms with E-state index in [9.17, 15) is 4.79 Å². The van der Waals surface area contributed by atoms with E-state index in [0.717, 1.165) is 16.9 Å². The molecule has 2 heterocycles. The summed E-state index contributed by atoms with van der Waals surface area (Å²) in [4.78, 5) is 12.7. The molecule has 136 valence electrons. The van der Waals surface area contributed by atoms with Gasteiger partial charge in [0.25, 0.3) is 5.91 Å². The van der Waals surface area contributed by atoms with E-state index in [2.05, 4.69) is 10.4 Å². The molecular weight excluding hydrogens is 362 g/mol. The maximum Gasteiger partial charge on any atom is 0.250 e. The van der Waals surface area contributed by atoms with Gasteiger partial charge in [0.1, 0.15) is 12.4 Å². The van der Waals surface area contributed by atoms with Gasteiger partial charge in [0.05, 0.1) is 11.6 Å². The lowest BCUT2D eigenvalue weighted by Gasteiger charge is -2.21. The molecule has 4 rings (SSSR count). The highest BCUT2D eigenvalue weighted by molar-refractivity contribution is 6.30. The molecule has 1 atom stereocenters. The van der Waals surface area contributed by atoms with Crippen LogP contribution in [-0.2, 0) is 4.79 Å². The minimum absolute atomic E-state index is 0.126. The van der Waals surface area contributed by atoms with E-state index in [1.165, 1.54) is 0 Å². The molecule has 1 aromatic heterocycles. The summed E-state index contributed by atoms with van der Waals surface area (Å²) in [5, 5.41) is 8.00. The summed E-state index contributed by atoms with van der Waals surface area (Å²) in [6, 6.07) is 17.0. The molecule has 1 aliphatic rings. The van der Waals surface area contributed by atoms with Crippen LogP contribution in [0.3, 0.4) is 0 Å². The van der Waals surface area contributed by atoms with Crippen LogP contribution in [0.25, 0.3) is 6.08 Å². The quantitative estimate of drug-likeness (QED) is 0.735. The number of rotatable bonds is 5. The van der Waals surface area contributed by atoms with Crippen molar-refractivity contribution in [3.8, 4) is 5.75 Å². The highest BCUT2D eigenvalue weighted by Gasteiger charge is 2.20. The lowest BCUT2D eigenvalue weighted by atomic mass is 10.1. The Morgan fingerprint density at radius 3 is 2.78 bits per heavy atom. The van der Waals surface area contributed by atoms with E-state index in [4.69, 9.17) is 16.3 Å². The predicted octanol–water partition coefficient (Wildman–Crippen LogP) is 3.72. The third-order valence-electron chi connectivity index (χ3n) is 4.48. The van der Waals surface area contributed by atoms with Gasteiger partial charge in [-0.2, -0.15) is 5.10 Å². The Morgan fingerprint density at radius 1 is 1.19 bits per heavy atom. The molecule has 27 heavy (non-hydrogen) atoms. The number of hydrogen-bond donors (Lipinski definition) is 1. The second-order valence-corrected chi connectivity index (χ2v) is 6.70. The van der Waals surface area contributed by atoms with E-state index in [-0.39, 0.29) is 18.6 Å². The summed E-state index contributed by atoms with van der Waals surface area (Å²) in [7, 11) is 0. The average Bonchev–Trinajstić information content (AvgIpc) is 3.23. The number of fused-ring (bicyclic) bond motifs is 1. The van der Waals surface area contributed by atoms with Crippen molar-refractivity contribution in [2.24, 2.45) is 0 Å². The fraction of sp³-hybridized carbons (Fsp3) is 0.143. The summed E-state index contributed by atoms with van der Waals surface area (Å²) in [6.07, 6.45) is 5.48. The van der Waals surface area contributed by atoms with Crippen LogP contribution in [0.5, 0.6) is 5.75 Å². The van der Waals surface area contributed by atoms with Crippen LogP contribution in [-0.4, -0.2) is 28.8 Å². The lowest BCUT2D eigenvalue weighted by Crippen LogP contribution is -2.34. The van der Waals surface area contributed by atoms with Crippen molar-refractivity contribution in [1.29, 1.82) is 0 Å². The van der Waals surface area contributed by atoms with Crippen molar-refractivity contribution in [2.45, 2.75) is 6.04 Å². The largest absolute Gasteiger partial charge is 0.488 e. The van der Waals surface area contributed by atoms with Gasteiger partial charge >= 0.3 is 0 Å². The molecule has 2 aromatic carbocycles. The second kappa shape index (κ2) is 7.68. The summed E-state index contributed by atoms with van der Waals surface area (Å²) in [5.41, 5.74) is 2.53. The van der Waals surface area contributed by atoms with Crippen LogP contribution < -0.4 is 10.1 Å². The Balaban J connectivity index is 1.50. The molecule has 0 saturated carbocycles. The van der Waals surface area contributed by atoms with Crippen LogP contribution in [0.4, 0.5) is 0 Å². The maximum atomic E-state index is 12.7. The molecule has 0 fully saturated rings. The first-order valence-electron chi connectivity index (χ1n) is 8.66. The van der Waals surface area contributed by atoms with Crippen molar-refractivity contribution >= 4 is 23.6 Å². The number of carbonyl (C=O) groups is 1. The molecular formula is C21H18ClN3O2. The average molecular weight is 380 g/mol. The monoisotopic (exact) mass is 379 g/mol. The number of halogens is 1. The van der Waals surface area contributed by atoms with Gasteiger partial charge in [-0.25, -0.2) is 0 Å². The number of nitrogens with zero attached hydrogens (tertiary/aromatic N) is 2. The number of carbonyl (C=O) groups excluding carboxylic acids is 1. The number of amides is 1. The van der Waals surface area contributed by atoms with Crippen molar-refractivity contribution < 1.29 is 9.53 Å². The van der Waals surface area contributed by atoms with E-state index in [1.54, 1.807) is 6.20 Å². The van der Waals surface area contributed by atoms with E-state index in [0.29, 0.717) is 17.1 Å². The molecule has 1 unspecified atom stereocenters. The fourth-order valence-corrected chi connectivity index (χ4v) is 3.19. The van der Waals surface area contributed by atoms with Gasteiger partial charge in [0.15, 0.2) is 0 Å². The Labute approximate surface area is 162 Å². The van der Waals surface area contributed by atoms with Gasteiger partial charge in [-0.3, -0.25) is 9.48 Å². The van der Waals surface area contributed by atoms with E-state index in [1.807, 2.05) is 71.6 Å². The molecule has 0 saturated heterocycles. The van der Waals surface area contributed by atoms with Crippen molar-refractivity contribution in [3.05, 3.63) is 88.7 Å². The highest BCUT2D eigenvalue weighted by Crippen LogP contribution is 2.26. The van der Waals surface area contributed by atoms with Gasteiger partial charge < -0.3 is 10.1 Å². The second-order valence-electron chi connectivity index (χ2n) is 6.26. The lowest BCUT2D eigenvalue weighted by molar-refractivity contribution is -0.117. The molecule has 0 spiro atoms. The highest BCUT2D eigenvalue weighted by atomic mass is 35.5. The number of nitrogens with one attached hydrogen (secondary N) is 1. The molecule has 1 aliphatic heterocycles. The van der Waals surface area contributed by atoms with Gasteiger partial charge in [-0.05, 0) is 35.9 Å². The fourth-order valence-electron chi connectivity index (χ4n) is 3.06. The molecule has 3 aromatic rings. The summed E-state index contributed by atoms with van der Waals surface area (Å²) >= 11 is 6.00. The molecule has 6 heteroatoms. The minimum atomic E-state index is -0.143. The SMILES string of the molecule is O=C(NCC(c1ccc(Cl)cc1)n1cccn1)C1=Cc2ccccc2OC1. The third kappa shape index (κ3) is 3.88. The number of para-hydroxylation sites is 1. The minimum Gasteiger partial charge on any atom is -0.488 e. The molecule has 0 aliphatic carbocycles. The molecule has 0 radical (unpaired) electrons. The van der Waals surface area contributed by atoms with E-state index >= 15 is 0 Å². The zero-order chi connectivity index (χ0) is 18.6. The molecule has 1 amide bonds. The maximum absolute atomic E-state index is 12.7. The van der Waals surface area contributed by atoms with Gasteiger partial charge in [0.2, 0.25) is 0 Å². The topological polar surface area (TPSA) is 56.2 Å². The Hall–Kier alpha value is -3.05. The predicted molar refractivity (Wildman–Crippen MR) is 105 cm³/mol. The van der Waals surface area contributed by atoms with Crippen LogP contribution in [0.15, 0.2) is 72.6 Å². The Morgan fingerprint density at radius 2 is 2.00 bits per heavy atom. The van der Waals surface area contributed by atoms with Crippen LogP contribution in [0.1, 0.15) is 17.2 Å². The summed E-state index contributed by atoms with van der Waals surface area (Å²) < 4.78 is 7.50. The first-order chi connectivity index (χ1) is 13.2. The van der Waals surface area contributed by atoms with Gasteiger partial charge in [0, 0.05) is 29.5 Å². The van der Waals surface area contributed by atoms with Crippen molar-refractivity contribution in [1.82, 2.24) is 15.1 Å². The molecule has 5 nitrogen and oxygen atoms in total. The van der Waals surface area contributed by atoms with Gasteiger partial charge in [-0.1, -0.05) is 41.9 Å². The Kier molecular flexibility index (Phi) is 4.94. The molecule has 0 bridgehead atoms. The van der Waals surface area contributed by atoms with Crippen LogP contribution in [0.2, 0.25) is 5.02 Å². The Bertz CT molecular complexity index is 965. The third-order valence-corrected chi connectivity index (χ3v) is 4.73. The normalized spacial score (nSPS) is 13.9. The number of hydrogen-bond acceptors (Lipinski definition) is 3. The smallest absolute Gasteiger partial charge is 0.250 e. The zero-order valence-electron chi connectivity index (χ0n) is 14.5. The summed E-state index contributed by atoms with van der Waals surface area (Å²) in [5.74, 6) is 0.653.